The number of nitro groups is 1. The smallest absolute Gasteiger partial charge is 0.366 e. The van der Waals surface area contributed by atoms with Gasteiger partial charge < -0.3 is 4.90 Å². The lowest BCUT2D eigenvalue weighted by Gasteiger charge is -2.20. The number of hydrogen-bond acceptors (Lipinski definition) is 3. The van der Waals surface area contributed by atoms with Crippen molar-refractivity contribution in [1.82, 2.24) is 0 Å². The van der Waals surface area contributed by atoms with E-state index in [9.17, 15) is 23.3 Å². The van der Waals surface area contributed by atoms with Gasteiger partial charge in [0.05, 0.1) is 10.5 Å². The van der Waals surface area contributed by atoms with Gasteiger partial charge in [-0.15, -0.1) is 0 Å². The molecule has 3 rings (SSSR count). The van der Waals surface area contributed by atoms with Crippen molar-refractivity contribution in [2.75, 3.05) is 11.4 Å². The Morgan fingerprint density at radius 3 is 2.65 bits per heavy atom. The van der Waals surface area contributed by atoms with Crippen LogP contribution in [0.4, 0.5) is 24.5 Å². The maximum absolute atomic E-state index is 12.8. The van der Waals surface area contributed by atoms with Gasteiger partial charge in [0, 0.05) is 30.9 Å². The van der Waals surface area contributed by atoms with Crippen LogP contribution < -0.4 is 4.90 Å². The number of rotatable bonds is 3. The van der Waals surface area contributed by atoms with Gasteiger partial charge in [-0.3, -0.25) is 10.1 Å². The summed E-state index contributed by atoms with van der Waals surface area (Å²) in [6.07, 6.45) is -3.65. The first-order valence-corrected chi connectivity index (χ1v) is 7.03. The van der Waals surface area contributed by atoms with Crippen LogP contribution in [0.3, 0.4) is 0 Å². The molecule has 0 spiro atoms. The first-order chi connectivity index (χ1) is 10.8. The number of halogens is 3. The molecule has 2 aromatic rings. The van der Waals surface area contributed by atoms with Crippen LogP contribution in [0.25, 0.3) is 0 Å². The summed E-state index contributed by atoms with van der Waals surface area (Å²) in [5.41, 5.74) is 1.52. The third kappa shape index (κ3) is 3.13. The van der Waals surface area contributed by atoms with E-state index in [-0.39, 0.29) is 12.2 Å². The quantitative estimate of drug-likeness (QED) is 0.629. The van der Waals surface area contributed by atoms with Gasteiger partial charge in [-0.2, -0.15) is 13.2 Å². The Bertz CT molecular complexity index is 759. The average molecular weight is 322 g/mol. The van der Waals surface area contributed by atoms with E-state index >= 15 is 0 Å². The fourth-order valence-electron chi connectivity index (χ4n) is 2.78. The molecule has 0 amide bonds. The Labute approximate surface area is 130 Å². The fourth-order valence-corrected chi connectivity index (χ4v) is 2.78. The molecule has 0 aromatic heterocycles. The van der Waals surface area contributed by atoms with Gasteiger partial charge in [-0.05, 0) is 29.7 Å². The maximum atomic E-state index is 12.8. The number of alkyl halides is 3. The second kappa shape index (κ2) is 5.57. The van der Waals surface area contributed by atoms with Crippen LogP contribution in [0.15, 0.2) is 42.5 Å². The summed E-state index contributed by atoms with van der Waals surface area (Å²) in [4.78, 5) is 12.3. The fraction of sp³-hybridized carbons (Fsp3) is 0.250. The van der Waals surface area contributed by atoms with E-state index in [2.05, 4.69) is 0 Å². The van der Waals surface area contributed by atoms with Crippen LogP contribution >= 0.6 is 0 Å². The number of nitrogens with zero attached hydrogens (tertiary/aromatic N) is 2. The lowest BCUT2D eigenvalue weighted by Crippen LogP contribution is -2.20. The SMILES string of the molecule is O=[N+]([O-])c1ccc2c(c1)N(Cc1cccc(C(F)(F)F)c1)CC2. The third-order valence-corrected chi connectivity index (χ3v) is 3.90. The van der Waals surface area contributed by atoms with Gasteiger partial charge in [-0.1, -0.05) is 18.2 Å². The van der Waals surface area contributed by atoms with Crippen molar-refractivity contribution in [2.24, 2.45) is 0 Å². The van der Waals surface area contributed by atoms with E-state index in [1.54, 1.807) is 12.1 Å². The van der Waals surface area contributed by atoms with E-state index < -0.39 is 16.7 Å². The van der Waals surface area contributed by atoms with E-state index in [1.807, 2.05) is 4.90 Å². The molecule has 120 valence electrons. The summed E-state index contributed by atoms with van der Waals surface area (Å²) in [7, 11) is 0. The molecule has 0 N–H and O–H groups in total. The summed E-state index contributed by atoms with van der Waals surface area (Å²) in [6, 6.07) is 9.80. The molecule has 1 heterocycles. The first kappa shape index (κ1) is 15.3. The standard InChI is InChI=1S/C16H13F3N2O2/c17-16(18,19)13-3-1-2-11(8-13)10-20-7-6-12-4-5-14(21(22)23)9-15(12)20/h1-5,8-9H,6-7,10H2. The zero-order valence-corrected chi connectivity index (χ0v) is 12.0. The molecule has 4 nitrogen and oxygen atoms in total. The molecule has 0 bridgehead atoms. The van der Waals surface area contributed by atoms with Crippen molar-refractivity contribution in [1.29, 1.82) is 0 Å². The van der Waals surface area contributed by atoms with E-state index in [4.69, 9.17) is 0 Å². The Kier molecular flexibility index (Phi) is 3.71. The molecule has 0 unspecified atom stereocenters. The van der Waals surface area contributed by atoms with Gasteiger partial charge in [-0.25, -0.2) is 0 Å². The number of hydrogen-bond donors (Lipinski definition) is 0. The van der Waals surface area contributed by atoms with Crippen LogP contribution in [0.2, 0.25) is 0 Å². The largest absolute Gasteiger partial charge is 0.416 e. The summed E-state index contributed by atoms with van der Waals surface area (Å²) in [5, 5.41) is 10.9. The highest BCUT2D eigenvalue weighted by Gasteiger charge is 2.30. The van der Waals surface area contributed by atoms with Crippen molar-refractivity contribution in [3.63, 3.8) is 0 Å². The van der Waals surface area contributed by atoms with Crippen molar-refractivity contribution in [3.8, 4) is 0 Å². The number of benzene rings is 2. The lowest BCUT2D eigenvalue weighted by atomic mass is 10.1. The minimum atomic E-state index is -4.38. The topological polar surface area (TPSA) is 46.4 Å². The van der Waals surface area contributed by atoms with Gasteiger partial charge >= 0.3 is 6.18 Å². The first-order valence-electron chi connectivity index (χ1n) is 7.03. The summed E-state index contributed by atoms with van der Waals surface area (Å²) >= 11 is 0. The molecular weight excluding hydrogens is 309 g/mol. The molecule has 23 heavy (non-hydrogen) atoms. The van der Waals surface area contributed by atoms with Gasteiger partial charge in [0.2, 0.25) is 0 Å². The Balaban J connectivity index is 1.87. The zero-order chi connectivity index (χ0) is 16.6. The zero-order valence-electron chi connectivity index (χ0n) is 12.0. The van der Waals surface area contributed by atoms with Crippen LogP contribution in [0, 0.1) is 10.1 Å². The second-order valence-corrected chi connectivity index (χ2v) is 5.44. The molecule has 0 fully saturated rings. The monoisotopic (exact) mass is 322 g/mol. The average Bonchev–Trinajstić information content (AvgIpc) is 2.89. The van der Waals surface area contributed by atoms with E-state index in [1.165, 1.54) is 18.2 Å². The predicted molar refractivity (Wildman–Crippen MR) is 79.3 cm³/mol. The van der Waals surface area contributed by atoms with Crippen LogP contribution in [0.5, 0.6) is 0 Å². The van der Waals surface area contributed by atoms with Crippen molar-refractivity contribution >= 4 is 11.4 Å². The van der Waals surface area contributed by atoms with Crippen LogP contribution in [0.1, 0.15) is 16.7 Å². The summed E-state index contributed by atoms with van der Waals surface area (Å²) in [5.74, 6) is 0. The Hall–Kier alpha value is -2.57. The Morgan fingerprint density at radius 2 is 1.96 bits per heavy atom. The highest BCUT2D eigenvalue weighted by Crippen LogP contribution is 2.34. The number of fused-ring (bicyclic) bond motifs is 1. The van der Waals surface area contributed by atoms with Crippen molar-refractivity contribution in [3.05, 3.63) is 69.3 Å². The highest BCUT2D eigenvalue weighted by molar-refractivity contribution is 5.62. The molecule has 2 aromatic carbocycles. The minimum Gasteiger partial charge on any atom is -0.366 e. The lowest BCUT2D eigenvalue weighted by molar-refractivity contribution is -0.384. The normalized spacial score (nSPS) is 14.0. The van der Waals surface area contributed by atoms with E-state index in [0.717, 1.165) is 29.8 Å². The molecular formula is C16H13F3N2O2. The molecule has 0 aliphatic carbocycles. The molecule has 1 aliphatic rings. The van der Waals surface area contributed by atoms with E-state index in [0.29, 0.717) is 12.1 Å². The molecule has 1 aliphatic heterocycles. The molecule has 0 radical (unpaired) electrons. The van der Waals surface area contributed by atoms with Crippen LogP contribution in [-0.4, -0.2) is 11.5 Å². The molecule has 0 atom stereocenters. The molecule has 7 heteroatoms. The second-order valence-electron chi connectivity index (χ2n) is 5.44. The minimum absolute atomic E-state index is 0.0142. The highest BCUT2D eigenvalue weighted by atomic mass is 19.4. The summed E-state index contributed by atoms with van der Waals surface area (Å²) in [6.45, 7) is 0.921. The number of anilines is 1. The van der Waals surface area contributed by atoms with Gasteiger partial charge in [0.1, 0.15) is 0 Å². The Morgan fingerprint density at radius 1 is 1.17 bits per heavy atom. The molecule has 0 saturated heterocycles. The van der Waals surface area contributed by atoms with Crippen LogP contribution in [-0.2, 0) is 19.1 Å². The van der Waals surface area contributed by atoms with Crippen molar-refractivity contribution < 1.29 is 18.1 Å². The van der Waals surface area contributed by atoms with Gasteiger partial charge in [0.25, 0.3) is 5.69 Å². The third-order valence-electron chi connectivity index (χ3n) is 3.90. The number of non-ortho nitro benzene ring substituents is 1. The predicted octanol–water partition coefficient (Wildman–Crippen LogP) is 4.18. The maximum Gasteiger partial charge on any atom is 0.416 e. The number of nitro benzene ring substituents is 1. The molecule has 0 saturated carbocycles. The van der Waals surface area contributed by atoms with Gasteiger partial charge in [0.15, 0.2) is 0 Å². The summed E-state index contributed by atoms with van der Waals surface area (Å²) < 4.78 is 38.3. The van der Waals surface area contributed by atoms with Crippen molar-refractivity contribution in [2.45, 2.75) is 19.1 Å².